The van der Waals surface area contributed by atoms with Crippen LogP contribution in [-0.2, 0) is 19.4 Å². The molecule has 112 valence electrons. The Kier molecular flexibility index (Phi) is 6.47. The zero-order valence-electron chi connectivity index (χ0n) is 11.3. The molecule has 1 aromatic rings. The highest BCUT2D eigenvalue weighted by atomic mass is 32.2. The fourth-order valence-electron chi connectivity index (χ4n) is 1.38. The van der Waals surface area contributed by atoms with Crippen molar-refractivity contribution in [3.8, 4) is 5.75 Å². The van der Waals surface area contributed by atoms with Gasteiger partial charge in [0.25, 0.3) is 0 Å². The average Bonchev–Trinajstić information content (AvgIpc) is 2.41. The second-order valence-electron chi connectivity index (χ2n) is 4.35. The van der Waals surface area contributed by atoms with E-state index in [1.165, 1.54) is 0 Å². The average molecular weight is 301 g/mol. The van der Waals surface area contributed by atoms with Crippen molar-refractivity contribution in [2.24, 2.45) is 5.73 Å². The van der Waals surface area contributed by atoms with E-state index in [2.05, 4.69) is 0 Å². The number of rotatable bonds is 8. The molecule has 0 fully saturated rings. The van der Waals surface area contributed by atoms with Crippen LogP contribution >= 0.6 is 0 Å². The Balaban J connectivity index is 2.19. The van der Waals surface area contributed by atoms with Gasteiger partial charge in [0.2, 0.25) is 0 Å². The molecular formula is C13H19NO5S. The lowest BCUT2D eigenvalue weighted by Gasteiger charge is -2.11. The van der Waals surface area contributed by atoms with Crippen LogP contribution in [0.3, 0.4) is 0 Å². The van der Waals surface area contributed by atoms with Crippen LogP contribution in [0.1, 0.15) is 6.42 Å². The van der Waals surface area contributed by atoms with Gasteiger partial charge >= 0.3 is 5.97 Å². The number of carbonyl (C=O) groups is 1. The predicted molar refractivity (Wildman–Crippen MR) is 75.2 cm³/mol. The van der Waals surface area contributed by atoms with Crippen molar-refractivity contribution in [2.75, 3.05) is 25.2 Å². The summed E-state index contributed by atoms with van der Waals surface area (Å²) in [6.07, 6.45) is 1.15. The molecule has 1 atom stereocenters. The van der Waals surface area contributed by atoms with Crippen LogP contribution in [0.25, 0.3) is 0 Å². The Morgan fingerprint density at radius 2 is 1.90 bits per heavy atom. The van der Waals surface area contributed by atoms with E-state index in [1.54, 1.807) is 12.1 Å². The molecule has 6 nitrogen and oxygen atoms in total. The van der Waals surface area contributed by atoms with Gasteiger partial charge in [0.05, 0.1) is 5.75 Å². The summed E-state index contributed by atoms with van der Waals surface area (Å²) < 4.78 is 32.1. The van der Waals surface area contributed by atoms with E-state index in [1.807, 2.05) is 18.2 Å². The molecule has 0 spiro atoms. The number of hydrogen-bond acceptors (Lipinski definition) is 6. The van der Waals surface area contributed by atoms with Crippen molar-refractivity contribution in [3.63, 3.8) is 0 Å². The number of ether oxygens (including phenoxy) is 2. The smallest absolute Gasteiger partial charge is 0.323 e. The number of nitrogens with two attached hydrogens (primary N) is 1. The Labute approximate surface area is 118 Å². The van der Waals surface area contributed by atoms with E-state index in [0.717, 1.165) is 6.26 Å². The van der Waals surface area contributed by atoms with E-state index >= 15 is 0 Å². The van der Waals surface area contributed by atoms with Crippen molar-refractivity contribution < 1.29 is 22.7 Å². The van der Waals surface area contributed by atoms with Crippen molar-refractivity contribution in [2.45, 2.75) is 12.5 Å². The van der Waals surface area contributed by atoms with Gasteiger partial charge in [-0.1, -0.05) is 18.2 Å². The second kappa shape index (κ2) is 7.86. The van der Waals surface area contributed by atoms with E-state index < -0.39 is 21.8 Å². The quantitative estimate of drug-likeness (QED) is 0.550. The SMILES string of the molecule is CS(=O)(=O)CCC(N)C(=O)OCCOc1ccccc1. The number of para-hydroxylation sites is 1. The van der Waals surface area contributed by atoms with E-state index in [4.69, 9.17) is 15.2 Å². The molecule has 0 aliphatic rings. The minimum Gasteiger partial charge on any atom is -0.490 e. The molecule has 0 radical (unpaired) electrons. The van der Waals surface area contributed by atoms with E-state index in [0.29, 0.717) is 5.75 Å². The molecule has 1 unspecified atom stereocenters. The van der Waals surface area contributed by atoms with Crippen LogP contribution in [0, 0.1) is 0 Å². The maximum absolute atomic E-state index is 11.5. The first-order chi connectivity index (χ1) is 9.38. The van der Waals surface area contributed by atoms with Gasteiger partial charge in [-0.25, -0.2) is 8.42 Å². The molecule has 20 heavy (non-hydrogen) atoms. The van der Waals surface area contributed by atoms with Crippen LogP contribution in [0.2, 0.25) is 0 Å². The third-order valence-electron chi connectivity index (χ3n) is 2.44. The third-order valence-corrected chi connectivity index (χ3v) is 3.42. The summed E-state index contributed by atoms with van der Waals surface area (Å²) in [5.74, 6) is -0.0701. The Hall–Kier alpha value is -1.60. The zero-order chi connectivity index (χ0) is 15.0. The Bertz CT molecular complexity index is 515. The van der Waals surface area contributed by atoms with Gasteiger partial charge in [0.1, 0.15) is 34.8 Å². The fourth-order valence-corrected chi connectivity index (χ4v) is 2.07. The van der Waals surface area contributed by atoms with Crippen LogP contribution < -0.4 is 10.5 Å². The van der Waals surface area contributed by atoms with Crippen LogP contribution in [0.15, 0.2) is 30.3 Å². The predicted octanol–water partition coefficient (Wildman–Crippen LogP) is 0.371. The summed E-state index contributed by atoms with van der Waals surface area (Å²) in [6, 6.07) is 8.19. The molecule has 0 amide bonds. The van der Waals surface area contributed by atoms with Crippen LogP contribution in [0.5, 0.6) is 5.75 Å². The lowest BCUT2D eigenvalue weighted by Crippen LogP contribution is -2.34. The summed E-state index contributed by atoms with van der Waals surface area (Å²) in [6.45, 7) is 0.287. The molecule has 7 heteroatoms. The number of benzene rings is 1. The Morgan fingerprint density at radius 1 is 1.25 bits per heavy atom. The highest BCUT2D eigenvalue weighted by Crippen LogP contribution is 2.07. The van der Waals surface area contributed by atoms with Crippen LogP contribution in [-0.4, -0.2) is 45.7 Å². The molecule has 0 aromatic heterocycles. The summed E-state index contributed by atoms with van der Waals surface area (Å²) in [5, 5.41) is 0. The number of carbonyl (C=O) groups excluding carboxylic acids is 1. The van der Waals surface area contributed by atoms with Gasteiger partial charge in [0, 0.05) is 6.26 Å². The largest absolute Gasteiger partial charge is 0.490 e. The van der Waals surface area contributed by atoms with Gasteiger partial charge in [0.15, 0.2) is 0 Å². The highest BCUT2D eigenvalue weighted by molar-refractivity contribution is 7.90. The second-order valence-corrected chi connectivity index (χ2v) is 6.61. The lowest BCUT2D eigenvalue weighted by molar-refractivity contribution is -0.145. The van der Waals surface area contributed by atoms with Crippen LogP contribution in [0.4, 0.5) is 0 Å². The number of esters is 1. The van der Waals surface area contributed by atoms with Gasteiger partial charge in [-0.2, -0.15) is 0 Å². The number of hydrogen-bond donors (Lipinski definition) is 1. The normalized spacial score (nSPS) is 12.7. The maximum atomic E-state index is 11.5. The van der Waals surface area contributed by atoms with E-state index in [9.17, 15) is 13.2 Å². The summed E-state index contributed by atoms with van der Waals surface area (Å²) in [5.41, 5.74) is 5.54. The molecule has 1 aromatic carbocycles. The van der Waals surface area contributed by atoms with Gasteiger partial charge < -0.3 is 15.2 Å². The van der Waals surface area contributed by atoms with Crippen molar-refractivity contribution in [1.29, 1.82) is 0 Å². The lowest BCUT2D eigenvalue weighted by atomic mass is 10.2. The third kappa shape index (κ3) is 7.10. The monoisotopic (exact) mass is 301 g/mol. The minimum atomic E-state index is -3.13. The fraction of sp³-hybridized carbons (Fsp3) is 0.462. The Morgan fingerprint density at radius 3 is 2.50 bits per heavy atom. The van der Waals surface area contributed by atoms with Crippen molar-refractivity contribution in [1.82, 2.24) is 0 Å². The van der Waals surface area contributed by atoms with Gasteiger partial charge in [-0.3, -0.25) is 4.79 Å². The highest BCUT2D eigenvalue weighted by Gasteiger charge is 2.17. The summed E-state index contributed by atoms with van der Waals surface area (Å²) in [4.78, 5) is 11.5. The molecule has 2 N–H and O–H groups in total. The minimum absolute atomic E-state index is 0.0528. The number of sulfone groups is 1. The summed E-state index contributed by atoms with van der Waals surface area (Å²) >= 11 is 0. The molecule has 0 heterocycles. The standard InChI is InChI=1S/C13H19NO5S/c1-20(16,17)10-7-12(14)13(15)19-9-8-18-11-5-3-2-4-6-11/h2-6,12H,7-10,14H2,1H3. The van der Waals surface area contributed by atoms with Crippen molar-refractivity contribution in [3.05, 3.63) is 30.3 Å². The molecular weight excluding hydrogens is 282 g/mol. The molecule has 1 rings (SSSR count). The molecule has 0 saturated carbocycles. The molecule has 0 bridgehead atoms. The van der Waals surface area contributed by atoms with Gasteiger partial charge in [-0.15, -0.1) is 0 Å². The molecule has 0 saturated heterocycles. The molecule has 0 aliphatic heterocycles. The summed E-state index contributed by atoms with van der Waals surface area (Å²) in [7, 11) is -3.13. The first-order valence-corrected chi connectivity index (χ1v) is 8.22. The first kappa shape index (κ1) is 16.5. The van der Waals surface area contributed by atoms with Crippen molar-refractivity contribution >= 4 is 15.8 Å². The topological polar surface area (TPSA) is 95.7 Å². The molecule has 0 aliphatic carbocycles. The van der Waals surface area contributed by atoms with E-state index in [-0.39, 0.29) is 25.4 Å². The maximum Gasteiger partial charge on any atom is 0.323 e. The van der Waals surface area contributed by atoms with Gasteiger partial charge in [-0.05, 0) is 18.6 Å². The first-order valence-electron chi connectivity index (χ1n) is 6.16. The zero-order valence-corrected chi connectivity index (χ0v) is 12.1.